The monoisotopic (exact) mass is 275 g/mol. The maximum absolute atomic E-state index is 11.8. The van der Waals surface area contributed by atoms with Crippen LogP contribution in [0.25, 0.3) is 0 Å². The summed E-state index contributed by atoms with van der Waals surface area (Å²) in [4.78, 5) is 0. The van der Waals surface area contributed by atoms with Crippen LogP contribution in [0.3, 0.4) is 0 Å². The Balaban J connectivity index is 2.60. The molecule has 0 aromatic rings. The van der Waals surface area contributed by atoms with Gasteiger partial charge >= 0.3 is 0 Å². The Bertz CT molecular complexity index is 455. The number of hydrogen-bond donors (Lipinski definition) is 2. The summed E-state index contributed by atoms with van der Waals surface area (Å²) in [5.41, 5.74) is 5.63. The topological polar surface area (TPSA) is 80.4 Å². The minimum absolute atomic E-state index is 0.0338. The Morgan fingerprint density at radius 1 is 1.17 bits per heavy atom. The largest absolute Gasteiger partial charge is 0.330 e. The van der Waals surface area contributed by atoms with Gasteiger partial charge in [0.1, 0.15) is 0 Å². The fraction of sp³-hybridized carbons (Fsp3) is 1.00. The Morgan fingerprint density at radius 3 is 2.06 bits per heavy atom. The molecule has 0 radical (unpaired) electrons. The maximum Gasteiger partial charge on any atom is 0.268 e. The van der Waals surface area contributed by atoms with Crippen LogP contribution in [0.2, 0.25) is 0 Å². The second kappa shape index (κ2) is 3.70. The van der Waals surface area contributed by atoms with E-state index in [1.54, 1.807) is 0 Å². The molecule has 2 bridgehead atoms. The van der Waals surface area contributed by atoms with Gasteiger partial charge in [-0.2, -0.15) is 8.42 Å². The molecule has 3 unspecified atom stereocenters. The van der Waals surface area contributed by atoms with Crippen molar-refractivity contribution in [3.8, 4) is 0 Å². The highest BCUT2D eigenvalue weighted by molar-refractivity contribution is 7.86. The Hall–Kier alpha value is -0.130. The summed E-state index contributed by atoms with van der Waals surface area (Å²) >= 11 is 0. The van der Waals surface area contributed by atoms with Crippen molar-refractivity contribution < 1.29 is 13.0 Å². The van der Waals surface area contributed by atoms with E-state index in [-0.39, 0.29) is 28.6 Å². The zero-order valence-corrected chi connectivity index (χ0v) is 12.7. The van der Waals surface area contributed by atoms with Crippen LogP contribution >= 0.6 is 0 Å². The SMILES string of the molecule is CC1C2[C@@H](CN)[C@H](S(=O)(=O)O)C(C1(C)C)C2(C)C. The van der Waals surface area contributed by atoms with Crippen LogP contribution in [0, 0.1) is 34.5 Å². The zero-order valence-electron chi connectivity index (χ0n) is 11.8. The van der Waals surface area contributed by atoms with Crippen molar-refractivity contribution in [3.05, 3.63) is 0 Å². The molecule has 2 fully saturated rings. The van der Waals surface area contributed by atoms with E-state index in [1.807, 2.05) is 0 Å². The lowest BCUT2D eigenvalue weighted by atomic mass is 9.66. The molecule has 0 aliphatic heterocycles. The third-order valence-electron chi connectivity index (χ3n) is 6.00. The van der Waals surface area contributed by atoms with Crippen LogP contribution in [0.4, 0.5) is 0 Å². The van der Waals surface area contributed by atoms with Gasteiger partial charge in [-0.3, -0.25) is 4.55 Å². The number of fused-ring (bicyclic) bond motifs is 2. The first-order valence-corrected chi connectivity index (χ1v) is 8.14. The summed E-state index contributed by atoms with van der Waals surface area (Å²) in [7, 11) is -4.04. The van der Waals surface area contributed by atoms with Gasteiger partial charge in [0.2, 0.25) is 0 Å². The second-order valence-corrected chi connectivity index (χ2v) is 8.89. The van der Waals surface area contributed by atoms with Crippen molar-refractivity contribution >= 4 is 10.1 Å². The smallest absolute Gasteiger partial charge is 0.268 e. The molecule has 5 atom stereocenters. The van der Waals surface area contributed by atoms with E-state index < -0.39 is 15.4 Å². The minimum atomic E-state index is -4.04. The van der Waals surface area contributed by atoms with Crippen molar-refractivity contribution in [1.82, 2.24) is 0 Å². The predicted octanol–water partition coefficient (Wildman–Crippen LogP) is 1.77. The predicted molar refractivity (Wildman–Crippen MR) is 71.6 cm³/mol. The lowest BCUT2D eigenvalue weighted by Crippen LogP contribution is -2.48. The van der Waals surface area contributed by atoms with Crippen LogP contribution in [0.1, 0.15) is 34.6 Å². The van der Waals surface area contributed by atoms with E-state index in [0.717, 1.165) is 0 Å². The van der Waals surface area contributed by atoms with Crippen LogP contribution in [0.15, 0.2) is 0 Å². The average molecular weight is 275 g/mol. The van der Waals surface area contributed by atoms with Crippen molar-refractivity contribution in [1.29, 1.82) is 0 Å². The van der Waals surface area contributed by atoms with E-state index in [9.17, 15) is 13.0 Å². The molecule has 106 valence electrons. The molecule has 0 spiro atoms. The van der Waals surface area contributed by atoms with E-state index in [2.05, 4.69) is 34.6 Å². The molecule has 2 rings (SSSR count). The Morgan fingerprint density at radius 2 is 1.67 bits per heavy atom. The Labute approximate surface area is 110 Å². The molecule has 0 heterocycles. The lowest BCUT2D eigenvalue weighted by molar-refractivity contribution is 0.0995. The normalized spacial score (nSPS) is 45.4. The Kier molecular flexibility index (Phi) is 2.94. The molecule has 18 heavy (non-hydrogen) atoms. The molecular formula is C13H25NO3S. The zero-order chi connectivity index (χ0) is 14.1. The lowest BCUT2D eigenvalue weighted by Gasteiger charge is -2.43. The number of hydrogen-bond acceptors (Lipinski definition) is 3. The van der Waals surface area contributed by atoms with Gasteiger partial charge in [0.25, 0.3) is 10.1 Å². The first-order chi connectivity index (χ1) is 7.97. The summed E-state index contributed by atoms with van der Waals surface area (Å²) in [6.45, 7) is 11.0. The van der Waals surface area contributed by atoms with E-state index in [0.29, 0.717) is 12.5 Å². The first-order valence-electron chi connectivity index (χ1n) is 6.63. The van der Waals surface area contributed by atoms with Crippen molar-refractivity contribution in [3.63, 3.8) is 0 Å². The molecular weight excluding hydrogens is 250 g/mol. The van der Waals surface area contributed by atoms with E-state index in [1.165, 1.54) is 0 Å². The number of nitrogens with two attached hydrogens (primary N) is 1. The second-order valence-electron chi connectivity index (χ2n) is 7.31. The molecule has 0 saturated heterocycles. The highest BCUT2D eigenvalue weighted by atomic mass is 32.2. The van der Waals surface area contributed by atoms with E-state index >= 15 is 0 Å². The molecule has 0 amide bonds. The van der Waals surface area contributed by atoms with Crippen LogP contribution in [-0.4, -0.2) is 24.8 Å². The highest BCUT2D eigenvalue weighted by Crippen LogP contribution is 2.70. The van der Waals surface area contributed by atoms with Crippen LogP contribution < -0.4 is 5.73 Å². The molecule has 2 saturated carbocycles. The third kappa shape index (κ3) is 1.53. The fourth-order valence-corrected chi connectivity index (χ4v) is 7.22. The molecule has 0 aromatic carbocycles. The van der Waals surface area contributed by atoms with Crippen molar-refractivity contribution in [2.24, 2.45) is 40.2 Å². The highest BCUT2D eigenvalue weighted by Gasteiger charge is 2.71. The van der Waals surface area contributed by atoms with Crippen molar-refractivity contribution in [2.75, 3.05) is 6.54 Å². The first kappa shape index (κ1) is 14.3. The molecule has 0 aromatic heterocycles. The summed E-state index contributed by atoms with van der Waals surface area (Å²) < 4.78 is 33.2. The van der Waals surface area contributed by atoms with Gasteiger partial charge in [0, 0.05) is 0 Å². The van der Waals surface area contributed by atoms with Gasteiger partial charge in [-0.05, 0) is 41.0 Å². The van der Waals surface area contributed by atoms with E-state index in [4.69, 9.17) is 5.73 Å². The summed E-state index contributed by atoms with van der Waals surface area (Å²) in [6.07, 6.45) is 0. The third-order valence-corrected chi connectivity index (χ3v) is 7.31. The molecule has 4 nitrogen and oxygen atoms in total. The van der Waals surface area contributed by atoms with Gasteiger partial charge < -0.3 is 5.73 Å². The fourth-order valence-electron chi connectivity index (χ4n) is 5.45. The molecule has 2 aliphatic rings. The van der Waals surface area contributed by atoms with Gasteiger partial charge in [0.05, 0.1) is 5.25 Å². The molecule has 2 aliphatic carbocycles. The molecule has 5 heteroatoms. The van der Waals surface area contributed by atoms with Gasteiger partial charge in [-0.1, -0.05) is 34.6 Å². The molecule has 3 N–H and O–H groups in total. The van der Waals surface area contributed by atoms with Gasteiger partial charge in [-0.15, -0.1) is 0 Å². The minimum Gasteiger partial charge on any atom is -0.330 e. The maximum atomic E-state index is 11.8. The van der Waals surface area contributed by atoms with Gasteiger partial charge in [0.15, 0.2) is 0 Å². The average Bonchev–Trinajstić information content (AvgIpc) is 2.49. The van der Waals surface area contributed by atoms with Crippen molar-refractivity contribution in [2.45, 2.75) is 39.9 Å². The summed E-state index contributed by atoms with van der Waals surface area (Å²) in [6, 6.07) is 0. The summed E-state index contributed by atoms with van der Waals surface area (Å²) in [5, 5.41) is -0.700. The summed E-state index contributed by atoms with van der Waals surface area (Å²) in [5.74, 6) is 0.523. The van der Waals surface area contributed by atoms with Crippen LogP contribution in [0.5, 0.6) is 0 Å². The number of rotatable bonds is 2. The standard InChI is InChI=1S/C13H25NO3S/c1-7-9-8(6-14)10(18(15,16)17)11(12(7,2)3)13(9,4)5/h7-11H,6,14H2,1-5H3,(H,15,16,17)/t7?,8-,9?,10+,11?/m1/s1. The van der Waals surface area contributed by atoms with Crippen LogP contribution in [-0.2, 0) is 10.1 Å². The van der Waals surface area contributed by atoms with Gasteiger partial charge in [-0.25, -0.2) is 0 Å². The quantitative estimate of drug-likeness (QED) is 0.753.